The van der Waals surface area contributed by atoms with Gasteiger partial charge < -0.3 is 5.11 Å². The van der Waals surface area contributed by atoms with Gasteiger partial charge in [-0.2, -0.15) is 0 Å². The molecule has 1 aromatic carbocycles. The quantitative estimate of drug-likeness (QED) is 0.905. The zero-order valence-corrected chi connectivity index (χ0v) is 9.95. The van der Waals surface area contributed by atoms with E-state index in [0.29, 0.717) is 5.56 Å². The summed E-state index contributed by atoms with van der Waals surface area (Å²) in [6.45, 7) is 1.51. The van der Waals surface area contributed by atoms with Crippen molar-refractivity contribution in [3.63, 3.8) is 0 Å². The van der Waals surface area contributed by atoms with Crippen LogP contribution in [-0.2, 0) is 4.79 Å². The minimum absolute atomic E-state index is 0.0343. The molecule has 1 N–H and O–H groups in total. The lowest BCUT2D eigenvalue weighted by atomic mass is 10.1. The topological polar surface area (TPSA) is 40.5 Å². The predicted octanol–water partition coefficient (Wildman–Crippen LogP) is 2.70. The number of carboxylic acid groups (broad SMARTS) is 1. The van der Waals surface area contributed by atoms with Crippen molar-refractivity contribution in [1.29, 1.82) is 0 Å². The van der Waals surface area contributed by atoms with Gasteiger partial charge in [-0.3, -0.25) is 9.69 Å². The van der Waals surface area contributed by atoms with Gasteiger partial charge in [0, 0.05) is 0 Å². The molecular weight excluding hydrogens is 245 g/mol. The largest absolute Gasteiger partial charge is 0.480 e. The van der Waals surface area contributed by atoms with Crippen molar-refractivity contribution in [2.75, 3.05) is 13.1 Å². The van der Waals surface area contributed by atoms with Crippen LogP contribution in [-0.4, -0.2) is 29.1 Å². The molecule has 0 radical (unpaired) electrons. The van der Waals surface area contributed by atoms with E-state index in [0.717, 1.165) is 25.9 Å². The average Bonchev–Trinajstić information content (AvgIpc) is 2.76. The maximum absolute atomic E-state index is 13.0. The first-order chi connectivity index (χ1) is 8.09. The third-order valence-electron chi connectivity index (χ3n) is 3.00. The minimum Gasteiger partial charge on any atom is -0.480 e. The lowest BCUT2D eigenvalue weighted by Gasteiger charge is -2.24. The third-order valence-corrected chi connectivity index (χ3v) is 3.29. The monoisotopic (exact) mass is 257 g/mol. The normalized spacial score (nSPS) is 18.2. The van der Waals surface area contributed by atoms with Crippen molar-refractivity contribution in [2.45, 2.75) is 18.9 Å². The molecule has 1 saturated heterocycles. The van der Waals surface area contributed by atoms with E-state index in [2.05, 4.69) is 0 Å². The Hall–Kier alpha value is -1.13. The average molecular weight is 258 g/mol. The van der Waals surface area contributed by atoms with Crippen LogP contribution in [0.5, 0.6) is 0 Å². The summed E-state index contributed by atoms with van der Waals surface area (Å²) in [7, 11) is 0. The Morgan fingerprint density at radius 1 is 1.41 bits per heavy atom. The Labute approximate surface area is 104 Å². The number of nitrogens with zero attached hydrogens (tertiary/aromatic N) is 1. The van der Waals surface area contributed by atoms with Gasteiger partial charge >= 0.3 is 5.97 Å². The Kier molecular flexibility index (Phi) is 3.64. The molecule has 1 fully saturated rings. The van der Waals surface area contributed by atoms with Gasteiger partial charge in [0.1, 0.15) is 11.9 Å². The van der Waals surface area contributed by atoms with E-state index in [4.69, 9.17) is 11.6 Å². The highest BCUT2D eigenvalue weighted by molar-refractivity contribution is 6.30. The SMILES string of the molecule is O=C(O)C(c1ccc(F)c(Cl)c1)N1CCCC1. The molecule has 92 valence electrons. The fourth-order valence-corrected chi connectivity index (χ4v) is 2.38. The van der Waals surface area contributed by atoms with Gasteiger partial charge in [0.2, 0.25) is 0 Å². The first-order valence-corrected chi connectivity index (χ1v) is 5.89. The van der Waals surface area contributed by atoms with E-state index in [1.807, 2.05) is 4.90 Å². The van der Waals surface area contributed by atoms with Gasteiger partial charge in [-0.1, -0.05) is 17.7 Å². The lowest BCUT2D eigenvalue weighted by Crippen LogP contribution is -2.31. The van der Waals surface area contributed by atoms with Crippen LogP contribution in [0.2, 0.25) is 5.02 Å². The third kappa shape index (κ3) is 2.58. The van der Waals surface area contributed by atoms with Crippen molar-refractivity contribution >= 4 is 17.6 Å². The molecule has 0 amide bonds. The van der Waals surface area contributed by atoms with Crippen molar-refractivity contribution in [2.24, 2.45) is 0 Å². The zero-order chi connectivity index (χ0) is 12.4. The summed E-state index contributed by atoms with van der Waals surface area (Å²) in [5, 5.41) is 9.23. The number of carbonyl (C=O) groups is 1. The van der Waals surface area contributed by atoms with Crippen LogP contribution in [0, 0.1) is 5.82 Å². The molecule has 0 aliphatic carbocycles. The Balaban J connectivity index is 2.31. The van der Waals surface area contributed by atoms with E-state index in [9.17, 15) is 14.3 Å². The molecule has 2 rings (SSSR count). The van der Waals surface area contributed by atoms with Gasteiger partial charge in [0.25, 0.3) is 0 Å². The van der Waals surface area contributed by atoms with E-state index in [1.54, 1.807) is 0 Å². The first kappa shape index (κ1) is 12.3. The molecule has 0 spiro atoms. The summed E-state index contributed by atoms with van der Waals surface area (Å²) >= 11 is 5.68. The first-order valence-electron chi connectivity index (χ1n) is 5.51. The van der Waals surface area contributed by atoms with Gasteiger partial charge in [0.05, 0.1) is 5.02 Å². The fourth-order valence-electron chi connectivity index (χ4n) is 2.19. The highest BCUT2D eigenvalue weighted by Crippen LogP contribution is 2.28. The molecule has 17 heavy (non-hydrogen) atoms. The molecule has 1 aliphatic rings. The summed E-state index contributed by atoms with van der Waals surface area (Å²) in [6.07, 6.45) is 2.00. The Morgan fingerprint density at radius 3 is 2.59 bits per heavy atom. The number of likely N-dealkylation sites (tertiary alicyclic amines) is 1. The highest BCUT2D eigenvalue weighted by atomic mass is 35.5. The smallest absolute Gasteiger partial charge is 0.325 e. The van der Waals surface area contributed by atoms with Crippen molar-refractivity contribution in [1.82, 2.24) is 4.90 Å². The number of halogens is 2. The van der Waals surface area contributed by atoms with E-state index in [1.165, 1.54) is 18.2 Å². The van der Waals surface area contributed by atoms with Crippen LogP contribution in [0.25, 0.3) is 0 Å². The molecule has 3 nitrogen and oxygen atoms in total. The van der Waals surface area contributed by atoms with Crippen LogP contribution in [0.4, 0.5) is 4.39 Å². The molecule has 5 heteroatoms. The summed E-state index contributed by atoms with van der Waals surface area (Å²) in [5.41, 5.74) is 0.533. The molecule has 0 saturated carbocycles. The predicted molar refractivity (Wildman–Crippen MR) is 62.6 cm³/mol. The number of aliphatic carboxylic acids is 1. The Bertz CT molecular complexity index is 433. The van der Waals surface area contributed by atoms with Crippen LogP contribution in [0.3, 0.4) is 0 Å². The van der Waals surface area contributed by atoms with Crippen LogP contribution >= 0.6 is 11.6 Å². The standard InChI is InChI=1S/C12H13ClFNO2/c13-9-7-8(3-4-10(9)14)11(12(16)17)15-5-1-2-6-15/h3-4,7,11H,1-2,5-6H2,(H,16,17). The number of benzene rings is 1. The summed E-state index contributed by atoms with van der Waals surface area (Å²) in [6, 6.07) is 3.37. The number of rotatable bonds is 3. The minimum atomic E-state index is -0.922. The zero-order valence-electron chi connectivity index (χ0n) is 9.20. The maximum atomic E-state index is 13.0. The van der Waals surface area contributed by atoms with Gasteiger partial charge in [-0.05, 0) is 43.6 Å². The molecule has 1 heterocycles. The number of hydrogen-bond donors (Lipinski definition) is 1. The van der Waals surface area contributed by atoms with Crippen LogP contribution in [0.15, 0.2) is 18.2 Å². The van der Waals surface area contributed by atoms with E-state index >= 15 is 0 Å². The Morgan fingerprint density at radius 2 is 2.06 bits per heavy atom. The van der Waals surface area contributed by atoms with Gasteiger partial charge in [-0.15, -0.1) is 0 Å². The lowest BCUT2D eigenvalue weighted by molar-refractivity contribution is -0.143. The summed E-state index contributed by atoms with van der Waals surface area (Å²) in [4.78, 5) is 13.2. The molecule has 0 bridgehead atoms. The molecule has 1 aromatic rings. The van der Waals surface area contributed by atoms with Crippen molar-refractivity contribution < 1.29 is 14.3 Å². The van der Waals surface area contributed by atoms with E-state index in [-0.39, 0.29) is 5.02 Å². The van der Waals surface area contributed by atoms with Crippen LogP contribution < -0.4 is 0 Å². The second kappa shape index (κ2) is 5.02. The second-order valence-electron chi connectivity index (χ2n) is 4.16. The molecule has 0 aromatic heterocycles. The van der Waals surface area contributed by atoms with Gasteiger partial charge in [0.15, 0.2) is 0 Å². The van der Waals surface area contributed by atoms with Crippen molar-refractivity contribution in [3.8, 4) is 0 Å². The van der Waals surface area contributed by atoms with Gasteiger partial charge in [-0.25, -0.2) is 4.39 Å². The summed E-state index contributed by atoms with van der Waals surface area (Å²) in [5.74, 6) is -1.45. The van der Waals surface area contributed by atoms with Crippen molar-refractivity contribution in [3.05, 3.63) is 34.6 Å². The number of carboxylic acids is 1. The van der Waals surface area contributed by atoms with Crippen LogP contribution in [0.1, 0.15) is 24.4 Å². The summed E-state index contributed by atoms with van der Waals surface area (Å²) < 4.78 is 13.0. The molecule has 1 aliphatic heterocycles. The second-order valence-corrected chi connectivity index (χ2v) is 4.56. The molecular formula is C12H13ClFNO2. The molecule has 1 unspecified atom stereocenters. The molecule has 1 atom stereocenters. The highest BCUT2D eigenvalue weighted by Gasteiger charge is 2.29. The van der Waals surface area contributed by atoms with E-state index < -0.39 is 17.8 Å². The fraction of sp³-hybridized carbons (Fsp3) is 0.417. The number of hydrogen-bond acceptors (Lipinski definition) is 2. The maximum Gasteiger partial charge on any atom is 0.325 e.